The lowest BCUT2D eigenvalue weighted by molar-refractivity contribution is 0.0695. The largest absolute Gasteiger partial charge is 0.477 e. The highest BCUT2D eigenvalue weighted by Gasteiger charge is 2.29. The maximum Gasteiger partial charge on any atom is 0.341 e. The second-order valence-corrected chi connectivity index (χ2v) is 8.43. The molecule has 2 aromatic heterocycles. The Labute approximate surface area is 182 Å². The number of pyridine rings is 1. The molecule has 0 amide bonds. The summed E-state index contributed by atoms with van der Waals surface area (Å²) in [5.41, 5.74) is 1.30. The number of anilines is 1. The summed E-state index contributed by atoms with van der Waals surface area (Å²) in [4.78, 5) is 26.1. The van der Waals surface area contributed by atoms with Crippen molar-refractivity contribution in [3.05, 3.63) is 62.3 Å². The van der Waals surface area contributed by atoms with Gasteiger partial charge in [-0.05, 0) is 47.4 Å². The fraction of sp³-hybridized carbons (Fsp3) is 0.333. The fourth-order valence-corrected chi connectivity index (χ4v) is 4.79. The molecule has 2 fully saturated rings. The van der Waals surface area contributed by atoms with Gasteiger partial charge in [-0.25, -0.2) is 9.18 Å². The van der Waals surface area contributed by atoms with Gasteiger partial charge in [-0.15, -0.1) is 12.4 Å². The summed E-state index contributed by atoms with van der Waals surface area (Å²) in [5, 5.41) is 17.1. The van der Waals surface area contributed by atoms with E-state index in [1.807, 2.05) is 14.8 Å². The molecule has 0 radical (unpaired) electrons. The highest BCUT2D eigenvalue weighted by atomic mass is 35.5. The van der Waals surface area contributed by atoms with E-state index in [2.05, 4.69) is 16.8 Å². The van der Waals surface area contributed by atoms with Crippen molar-refractivity contribution in [1.29, 1.82) is 0 Å². The van der Waals surface area contributed by atoms with E-state index < -0.39 is 17.2 Å². The van der Waals surface area contributed by atoms with Gasteiger partial charge in [0.05, 0.1) is 17.2 Å². The Kier molecular flexibility index (Phi) is 5.57. The number of carboxylic acids is 1. The predicted octanol–water partition coefficient (Wildman–Crippen LogP) is 3.81. The van der Waals surface area contributed by atoms with E-state index in [-0.39, 0.29) is 35.4 Å². The molecular formula is C21H21ClFN3O3S. The SMILES string of the molecule is Cl.O=C(O)c1cn(C2CC2)c2cc(N3CCNC(c4ccsc4)C3)c(F)cc2c1=O. The molecule has 1 saturated carbocycles. The Bertz CT molecular complexity index is 1160. The molecule has 30 heavy (non-hydrogen) atoms. The standard InChI is InChI=1S/C21H20FN3O3S.ClH/c22-16-7-14-18(25(13-1-2-13)9-15(20(14)26)21(27)28)8-19(16)24-5-4-23-17(10-24)12-3-6-29-11-12;/h3,6-9,11,13,17,23H,1-2,4-5,10H2,(H,27,28);1H. The molecule has 1 aliphatic carbocycles. The van der Waals surface area contributed by atoms with Crippen LogP contribution in [0.5, 0.6) is 0 Å². The number of fused-ring (bicyclic) bond motifs is 1. The van der Waals surface area contributed by atoms with Crippen molar-refractivity contribution in [2.45, 2.75) is 24.9 Å². The number of aromatic nitrogens is 1. The lowest BCUT2D eigenvalue weighted by Crippen LogP contribution is -2.46. The molecule has 3 heterocycles. The smallest absolute Gasteiger partial charge is 0.341 e. The van der Waals surface area contributed by atoms with Crippen LogP contribution in [0.25, 0.3) is 10.9 Å². The van der Waals surface area contributed by atoms with Crippen LogP contribution in [-0.2, 0) is 0 Å². The van der Waals surface area contributed by atoms with Gasteiger partial charge in [0.1, 0.15) is 11.4 Å². The summed E-state index contributed by atoms with van der Waals surface area (Å²) in [6, 6.07) is 5.27. The summed E-state index contributed by atoms with van der Waals surface area (Å²) < 4.78 is 16.9. The number of piperazine rings is 1. The van der Waals surface area contributed by atoms with E-state index in [4.69, 9.17) is 0 Å². The summed E-state index contributed by atoms with van der Waals surface area (Å²) in [6.07, 6.45) is 3.27. The van der Waals surface area contributed by atoms with Crippen LogP contribution in [0.4, 0.5) is 10.1 Å². The van der Waals surface area contributed by atoms with Crippen molar-refractivity contribution in [3.63, 3.8) is 0 Å². The number of rotatable bonds is 4. The minimum Gasteiger partial charge on any atom is -0.477 e. The van der Waals surface area contributed by atoms with Crippen LogP contribution in [0.15, 0.2) is 40.0 Å². The number of hydrogen-bond acceptors (Lipinski definition) is 5. The average Bonchev–Trinajstić information content (AvgIpc) is 3.41. The third kappa shape index (κ3) is 3.59. The van der Waals surface area contributed by atoms with E-state index in [9.17, 15) is 14.7 Å². The van der Waals surface area contributed by atoms with Gasteiger partial charge in [0, 0.05) is 37.3 Å². The number of benzene rings is 1. The van der Waals surface area contributed by atoms with Crippen molar-refractivity contribution >= 4 is 46.3 Å². The highest BCUT2D eigenvalue weighted by molar-refractivity contribution is 7.08. The Morgan fingerprint density at radius 2 is 2.10 bits per heavy atom. The quantitative estimate of drug-likeness (QED) is 0.633. The second kappa shape index (κ2) is 8.02. The van der Waals surface area contributed by atoms with Crippen molar-refractivity contribution in [2.24, 2.45) is 0 Å². The number of carbonyl (C=O) groups is 1. The third-order valence-electron chi connectivity index (χ3n) is 5.73. The zero-order valence-corrected chi connectivity index (χ0v) is 17.6. The van der Waals surface area contributed by atoms with Gasteiger partial charge in [-0.3, -0.25) is 4.79 Å². The molecule has 3 aromatic rings. The van der Waals surface area contributed by atoms with Crippen LogP contribution in [0.1, 0.15) is 40.8 Å². The van der Waals surface area contributed by atoms with Crippen molar-refractivity contribution < 1.29 is 14.3 Å². The van der Waals surface area contributed by atoms with Gasteiger partial charge in [0.25, 0.3) is 0 Å². The number of thiophene rings is 1. The predicted molar refractivity (Wildman–Crippen MR) is 118 cm³/mol. The number of aromatic carboxylic acids is 1. The molecule has 1 aromatic carbocycles. The van der Waals surface area contributed by atoms with Crippen LogP contribution >= 0.6 is 23.7 Å². The molecule has 5 rings (SSSR count). The molecule has 0 bridgehead atoms. The average molecular weight is 450 g/mol. The Morgan fingerprint density at radius 3 is 2.77 bits per heavy atom. The zero-order chi connectivity index (χ0) is 20.1. The molecule has 158 valence electrons. The number of carboxylic acid groups (broad SMARTS) is 1. The molecule has 0 spiro atoms. The van der Waals surface area contributed by atoms with Gasteiger partial charge in [0.15, 0.2) is 0 Å². The highest BCUT2D eigenvalue weighted by Crippen LogP contribution is 2.38. The van der Waals surface area contributed by atoms with Gasteiger partial charge in [-0.1, -0.05) is 0 Å². The van der Waals surface area contributed by atoms with Crippen molar-refractivity contribution in [1.82, 2.24) is 9.88 Å². The first-order chi connectivity index (χ1) is 14.0. The molecule has 1 aliphatic heterocycles. The second-order valence-electron chi connectivity index (χ2n) is 7.65. The van der Waals surface area contributed by atoms with Crippen molar-refractivity contribution in [2.75, 3.05) is 24.5 Å². The first-order valence-corrected chi connectivity index (χ1v) is 10.6. The Hall–Kier alpha value is -2.42. The minimum atomic E-state index is -1.28. The normalized spacial score (nSPS) is 19.0. The summed E-state index contributed by atoms with van der Waals surface area (Å²) >= 11 is 1.63. The Balaban J connectivity index is 0.00000218. The van der Waals surface area contributed by atoms with E-state index in [1.54, 1.807) is 17.4 Å². The molecule has 1 atom stereocenters. The fourth-order valence-electron chi connectivity index (χ4n) is 4.07. The molecule has 2 N–H and O–H groups in total. The topological polar surface area (TPSA) is 74.6 Å². The molecule has 2 aliphatic rings. The Morgan fingerprint density at radius 1 is 1.30 bits per heavy atom. The van der Waals surface area contributed by atoms with Gasteiger partial charge in [-0.2, -0.15) is 11.3 Å². The van der Waals surface area contributed by atoms with Crippen LogP contribution in [0.2, 0.25) is 0 Å². The lowest BCUT2D eigenvalue weighted by atomic mass is 10.1. The number of nitrogens with one attached hydrogen (secondary N) is 1. The molecule has 1 saturated heterocycles. The van der Waals surface area contributed by atoms with Crippen molar-refractivity contribution in [3.8, 4) is 0 Å². The molecular weight excluding hydrogens is 429 g/mol. The monoisotopic (exact) mass is 449 g/mol. The molecule has 1 unspecified atom stereocenters. The van der Waals surface area contributed by atoms with E-state index in [0.29, 0.717) is 24.3 Å². The zero-order valence-electron chi connectivity index (χ0n) is 16.0. The van der Waals surface area contributed by atoms with E-state index in [1.165, 1.54) is 17.8 Å². The molecule has 9 heteroatoms. The lowest BCUT2D eigenvalue weighted by Gasteiger charge is -2.35. The summed E-state index contributed by atoms with van der Waals surface area (Å²) in [5.74, 6) is -1.78. The summed E-state index contributed by atoms with van der Waals surface area (Å²) in [6.45, 7) is 2.01. The maximum atomic E-state index is 15.1. The number of hydrogen-bond donors (Lipinski definition) is 2. The third-order valence-corrected chi connectivity index (χ3v) is 6.43. The van der Waals surface area contributed by atoms with E-state index >= 15 is 4.39 Å². The van der Waals surface area contributed by atoms with Crippen LogP contribution in [-0.4, -0.2) is 35.3 Å². The van der Waals surface area contributed by atoms with Gasteiger partial charge in [0.2, 0.25) is 5.43 Å². The van der Waals surface area contributed by atoms with Crippen LogP contribution in [0.3, 0.4) is 0 Å². The van der Waals surface area contributed by atoms with Gasteiger partial charge < -0.3 is 19.9 Å². The van der Waals surface area contributed by atoms with Crippen LogP contribution in [0, 0.1) is 5.82 Å². The number of nitrogens with zero attached hydrogens (tertiary/aromatic N) is 2. The van der Waals surface area contributed by atoms with E-state index in [0.717, 1.165) is 19.4 Å². The van der Waals surface area contributed by atoms with Crippen LogP contribution < -0.4 is 15.6 Å². The molecule has 6 nitrogen and oxygen atoms in total. The first kappa shape index (κ1) is 20.8. The number of halogens is 2. The first-order valence-electron chi connectivity index (χ1n) is 9.65. The minimum absolute atomic E-state index is 0. The summed E-state index contributed by atoms with van der Waals surface area (Å²) in [7, 11) is 0. The maximum absolute atomic E-state index is 15.1. The van der Waals surface area contributed by atoms with Gasteiger partial charge >= 0.3 is 5.97 Å².